The van der Waals surface area contributed by atoms with Crippen molar-refractivity contribution in [1.29, 1.82) is 0 Å². The van der Waals surface area contributed by atoms with E-state index in [4.69, 9.17) is 15.1 Å². The maximum atomic E-state index is 13.3. The lowest BCUT2D eigenvalue weighted by Crippen LogP contribution is -2.44. The van der Waals surface area contributed by atoms with Crippen molar-refractivity contribution >= 4 is 28.5 Å². The van der Waals surface area contributed by atoms with Gasteiger partial charge in [0.15, 0.2) is 5.82 Å². The summed E-state index contributed by atoms with van der Waals surface area (Å²) in [4.78, 5) is 11.9. The van der Waals surface area contributed by atoms with Gasteiger partial charge in [-0.3, -0.25) is 4.68 Å². The van der Waals surface area contributed by atoms with Gasteiger partial charge >= 0.3 is 6.18 Å². The fourth-order valence-corrected chi connectivity index (χ4v) is 3.51. The summed E-state index contributed by atoms with van der Waals surface area (Å²) in [5.41, 5.74) is 3.56. The highest BCUT2D eigenvalue weighted by Gasteiger charge is 2.23. The number of nitrogens with zero attached hydrogens (tertiary/aromatic N) is 5. The molecule has 11 heteroatoms. The molecule has 0 amide bonds. The van der Waals surface area contributed by atoms with Crippen molar-refractivity contribution in [3.63, 3.8) is 0 Å². The predicted molar refractivity (Wildman–Crippen MR) is 126 cm³/mol. The topological polar surface area (TPSA) is 70.9 Å². The maximum absolute atomic E-state index is 13.3. The van der Waals surface area contributed by atoms with Crippen LogP contribution in [0.1, 0.15) is 39.3 Å². The van der Waals surface area contributed by atoms with Gasteiger partial charge in [-0.2, -0.15) is 23.3 Å². The first-order valence-corrected chi connectivity index (χ1v) is 11.6. The number of piperazine rings is 1. The molecule has 0 radical (unpaired) electrons. The molecule has 0 unspecified atom stereocenters. The molecule has 0 spiro atoms. The summed E-state index contributed by atoms with van der Waals surface area (Å²) in [5, 5.41) is 11.5. The number of benzene rings is 1. The Hall–Kier alpha value is -2.95. The number of nitrogens with one attached hydrogen (secondary N) is 2. The number of hydrogen-bond acceptors (Lipinski definition) is 6. The minimum absolute atomic E-state index is 0.260. The molecule has 1 fully saturated rings. The first kappa shape index (κ1) is 25.7. The smallest absolute Gasteiger partial charge is 0.338 e. The molecule has 1 aromatic carbocycles. The van der Waals surface area contributed by atoms with Crippen LogP contribution in [0.4, 0.5) is 35.0 Å². The van der Waals surface area contributed by atoms with Crippen LogP contribution in [-0.4, -0.2) is 52.1 Å². The van der Waals surface area contributed by atoms with Gasteiger partial charge in [-0.15, -0.1) is 0 Å². The Balaban J connectivity index is 0.000000481. The molecular weight excluding hydrogens is 450 g/mol. The van der Waals surface area contributed by atoms with Crippen LogP contribution in [0, 0.1) is 5.82 Å². The van der Waals surface area contributed by atoms with E-state index in [1.54, 1.807) is 12.1 Å². The lowest BCUT2D eigenvalue weighted by Gasteiger charge is -2.27. The van der Waals surface area contributed by atoms with Crippen LogP contribution in [0.3, 0.4) is 0 Å². The molecule has 3 heterocycles. The Morgan fingerprint density at radius 2 is 1.68 bits per heavy atom. The van der Waals surface area contributed by atoms with E-state index in [0.29, 0.717) is 11.8 Å². The molecule has 0 atom stereocenters. The van der Waals surface area contributed by atoms with E-state index in [2.05, 4.69) is 29.4 Å². The van der Waals surface area contributed by atoms with E-state index < -0.39 is 12.6 Å². The molecule has 1 aliphatic rings. The summed E-state index contributed by atoms with van der Waals surface area (Å²) >= 11 is 0. The van der Waals surface area contributed by atoms with Crippen molar-refractivity contribution in [2.24, 2.45) is 0 Å². The van der Waals surface area contributed by atoms with Gasteiger partial charge in [0.25, 0.3) is 0 Å². The van der Waals surface area contributed by atoms with Crippen LogP contribution in [0.2, 0.25) is 0 Å². The van der Waals surface area contributed by atoms with Gasteiger partial charge in [-0.1, -0.05) is 20.8 Å². The molecule has 7 nitrogen and oxygen atoms in total. The van der Waals surface area contributed by atoms with Gasteiger partial charge in [-0.25, -0.2) is 9.37 Å². The van der Waals surface area contributed by atoms with Crippen molar-refractivity contribution in [2.75, 3.05) is 36.4 Å². The van der Waals surface area contributed by atoms with E-state index in [-0.39, 0.29) is 5.82 Å². The third kappa shape index (κ3) is 6.55. The Morgan fingerprint density at radius 3 is 2.24 bits per heavy atom. The molecule has 2 N–H and O–H groups in total. The van der Waals surface area contributed by atoms with Crippen LogP contribution < -0.4 is 15.5 Å². The second-order valence-corrected chi connectivity index (χ2v) is 7.93. The molecular formula is C23H31F4N7. The van der Waals surface area contributed by atoms with Crippen LogP contribution in [-0.2, 0) is 13.0 Å². The molecule has 0 bridgehead atoms. The van der Waals surface area contributed by atoms with E-state index in [9.17, 15) is 17.6 Å². The molecule has 3 aromatic rings. The Morgan fingerprint density at radius 1 is 1.03 bits per heavy atom. The SMILES string of the molecule is CCC(F)(F)F.CCCn1nc(CC)c2nc(N3CCNCC3)nc(Nc3ccc(F)cc3)c21. The average Bonchev–Trinajstić information content (AvgIpc) is 3.19. The first-order chi connectivity index (χ1) is 16.3. The van der Waals surface area contributed by atoms with Crippen LogP contribution in [0.5, 0.6) is 0 Å². The highest BCUT2D eigenvalue weighted by molar-refractivity contribution is 5.90. The minimum atomic E-state index is -3.96. The molecule has 1 saturated heterocycles. The van der Waals surface area contributed by atoms with E-state index in [1.165, 1.54) is 12.1 Å². The molecule has 0 saturated carbocycles. The predicted octanol–water partition coefficient (Wildman–Crippen LogP) is 5.05. The Kier molecular flexibility index (Phi) is 8.65. The number of halogens is 4. The van der Waals surface area contributed by atoms with Gasteiger partial charge in [0.2, 0.25) is 5.95 Å². The summed E-state index contributed by atoms with van der Waals surface area (Å²) in [7, 11) is 0. The normalized spacial score (nSPS) is 14.1. The highest BCUT2D eigenvalue weighted by Crippen LogP contribution is 2.29. The molecule has 2 aromatic heterocycles. The van der Waals surface area contributed by atoms with Gasteiger partial charge < -0.3 is 15.5 Å². The molecule has 34 heavy (non-hydrogen) atoms. The lowest BCUT2D eigenvalue weighted by molar-refractivity contribution is -0.130. The fourth-order valence-electron chi connectivity index (χ4n) is 3.51. The zero-order chi connectivity index (χ0) is 24.7. The van der Waals surface area contributed by atoms with Gasteiger partial charge in [-0.05, 0) is 37.1 Å². The molecule has 0 aliphatic carbocycles. The summed E-state index contributed by atoms with van der Waals surface area (Å²) in [6.07, 6.45) is -2.91. The summed E-state index contributed by atoms with van der Waals surface area (Å²) < 4.78 is 47.7. The molecule has 1 aliphatic heterocycles. The number of aryl methyl sites for hydroxylation is 2. The summed E-state index contributed by atoms with van der Waals surface area (Å²) in [5.74, 6) is 1.17. The third-order valence-corrected chi connectivity index (χ3v) is 5.32. The number of anilines is 3. The van der Waals surface area contributed by atoms with Gasteiger partial charge in [0.1, 0.15) is 16.9 Å². The van der Waals surface area contributed by atoms with Crippen LogP contribution in [0.25, 0.3) is 11.0 Å². The highest BCUT2D eigenvalue weighted by atomic mass is 19.4. The largest absolute Gasteiger partial charge is 0.388 e. The quantitative estimate of drug-likeness (QED) is 0.480. The summed E-state index contributed by atoms with van der Waals surface area (Å²) in [6.45, 7) is 9.67. The number of hydrogen-bond donors (Lipinski definition) is 2. The first-order valence-electron chi connectivity index (χ1n) is 11.6. The van der Waals surface area contributed by atoms with Crippen LogP contribution >= 0.6 is 0 Å². The lowest BCUT2D eigenvalue weighted by atomic mass is 10.2. The summed E-state index contributed by atoms with van der Waals surface area (Å²) in [6, 6.07) is 6.32. The Bertz CT molecular complexity index is 1060. The van der Waals surface area contributed by atoms with Gasteiger partial charge in [0, 0.05) is 44.8 Å². The van der Waals surface area contributed by atoms with E-state index in [1.807, 2.05) is 4.68 Å². The standard InChI is InChI=1S/C20H26FN7.C3H5F3/c1-3-11-28-18-17(16(4-2)26-28)24-20(27-12-9-22-10-13-27)25-19(18)23-15-7-5-14(21)6-8-15;1-2-3(4,5)6/h5-8,22H,3-4,9-13H2,1-2H3,(H,23,24,25);2H2,1H3. The van der Waals surface area contributed by atoms with Crippen LogP contribution in [0.15, 0.2) is 24.3 Å². The number of alkyl halides is 3. The van der Waals surface area contributed by atoms with Crippen molar-refractivity contribution in [3.8, 4) is 0 Å². The monoisotopic (exact) mass is 481 g/mol. The Labute approximate surface area is 196 Å². The minimum Gasteiger partial charge on any atom is -0.338 e. The maximum Gasteiger partial charge on any atom is 0.388 e. The number of fused-ring (bicyclic) bond motifs is 1. The van der Waals surface area contributed by atoms with E-state index in [0.717, 1.165) is 74.9 Å². The molecule has 4 rings (SSSR count). The average molecular weight is 482 g/mol. The second kappa shape index (κ2) is 11.5. The van der Waals surface area contributed by atoms with Crippen molar-refractivity contribution in [2.45, 2.75) is 52.8 Å². The number of rotatable bonds is 6. The zero-order valence-electron chi connectivity index (χ0n) is 19.7. The second-order valence-electron chi connectivity index (χ2n) is 7.93. The van der Waals surface area contributed by atoms with E-state index >= 15 is 0 Å². The van der Waals surface area contributed by atoms with Crippen molar-refractivity contribution < 1.29 is 17.6 Å². The fraction of sp³-hybridized carbons (Fsp3) is 0.522. The number of aromatic nitrogens is 4. The van der Waals surface area contributed by atoms with Crippen molar-refractivity contribution in [3.05, 3.63) is 35.8 Å². The van der Waals surface area contributed by atoms with Gasteiger partial charge in [0.05, 0.1) is 5.69 Å². The zero-order valence-corrected chi connectivity index (χ0v) is 19.7. The molecule has 186 valence electrons. The third-order valence-electron chi connectivity index (χ3n) is 5.32. The van der Waals surface area contributed by atoms with Crippen molar-refractivity contribution in [1.82, 2.24) is 25.1 Å².